The van der Waals surface area contributed by atoms with Crippen molar-refractivity contribution < 1.29 is 14.3 Å². The first kappa shape index (κ1) is 13.2. The number of para-hydroxylation sites is 1. The molecule has 2 heterocycles. The Morgan fingerprint density at radius 2 is 2.00 bits per heavy atom. The fraction of sp³-hybridized carbons (Fsp3) is 0.278. The number of fused-ring (bicyclic) bond motifs is 2. The van der Waals surface area contributed by atoms with Gasteiger partial charge in [-0.05, 0) is 49.1 Å². The average molecular weight is 295 g/mol. The van der Waals surface area contributed by atoms with Crippen molar-refractivity contribution in [2.24, 2.45) is 0 Å². The third-order valence-electron chi connectivity index (χ3n) is 4.28. The second-order valence-corrected chi connectivity index (χ2v) is 5.71. The highest BCUT2D eigenvalue weighted by atomic mass is 16.7. The van der Waals surface area contributed by atoms with E-state index in [0.29, 0.717) is 17.1 Å². The summed E-state index contributed by atoms with van der Waals surface area (Å²) in [5, 5.41) is 0. The van der Waals surface area contributed by atoms with Gasteiger partial charge in [-0.2, -0.15) is 0 Å². The van der Waals surface area contributed by atoms with Crippen molar-refractivity contribution in [1.29, 1.82) is 0 Å². The van der Waals surface area contributed by atoms with Gasteiger partial charge in [-0.15, -0.1) is 0 Å². The van der Waals surface area contributed by atoms with Crippen LogP contribution in [0, 0.1) is 6.92 Å². The Balaban J connectivity index is 1.73. The molecule has 4 heteroatoms. The predicted molar refractivity (Wildman–Crippen MR) is 83.7 cm³/mol. The summed E-state index contributed by atoms with van der Waals surface area (Å²) in [7, 11) is 0. The molecule has 0 unspecified atom stereocenters. The summed E-state index contributed by atoms with van der Waals surface area (Å²) in [6.45, 7) is 3.04. The van der Waals surface area contributed by atoms with Crippen molar-refractivity contribution in [3.05, 3.63) is 53.1 Å². The van der Waals surface area contributed by atoms with Crippen LogP contribution in [0.15, 0.2) is 36.4 Å². The van der Waals surface area contributed by atoms with Crippen LogP contribution >= 0.6 is 0 Å². The number of hydrogen-bond donors (Lipinski definition) is 0. The Hall–Kier alpha value is -2.49. The van der Waals surface area contributed by atoms with Crippen LogP contribution < -0.4 is 14.4 Å². The van der Waals surface area contributed by atoms with E-state index in [1.807, 2.05) is 11.0 Å². The Bertz CT molecular complexity index is 754. The highest BCUT2D eigenvalue weighted by Gasteiger charge is 2.26. The predicted octanol–water partition coefficient (Wildman–Crippen LogP) is 3.32. The minimum atomic E-state index is 0.0218. The highest BCUT2D eigenvalue weighted by molar-refractivity contribution is 6.07. The third-order valence-corrected chi connectivity index (χ3v) is 4.28. The van der Waals surface area contributed by atoms with Gasteiger partial charge in [0.25, 0.3) is 5.91 Å². The maximum absolute atomic E-state index is 12.9. The van der Waals surface area contributed by atoms with Crippen molar-refractivity contribution in [2.45, 2.75) is 19.8 Å². The lowest BCUT2D eigenvalue weighted by molar-refractivity contribution is 0.0984. The van der Waals surface area contributed by atoms with Gasteiger partial charge in [0.05, 0.1) is 5.69 Å². The van der Waals surface area contributed by atoms with Crippen LogP contribution in [0.3, 0.4) is 0 Å². The first-order valence-electron chi connectivity index (χ1n) is 7.54. The SMILES string of the molecule is Cc1cccc2c1N(C(=O)c1ccc3c(c1)OCO3)CCC2. The van der Waals surface area contributed by atoms with Crippen molar-refractivity contribution in [1.82, 2.24) is 0 Å². The fourth-order valence-electron chi connectivity index (χ4n) is 3.24. The molecule has 0 saturated carbocycles. The van der Waals surface area contributed by atoms with Crippen molar-refractivity contribution in [3.8, 4) is 11.5 Å². The molecule has 0 fully saturated rings. The minimum Gasteiger partial charge on any atom is -0.454 e. The molecule has 2 aliphatic rings. The van der Waals surface area contributed by atoms with Crippen LogP contribution in [-0.2, 0) is 6.42 Å². The third kappa shape index (κ3) is 2.03. The quantitative estimate of drug-likeness (QED) is 0.810. The molecular formula is C18H17NO3. The molecule has 0 aliphatic carbocycles. The van der Waals surface area contributed by atoms with E-state index in [-0.39, 0.29) is 12.7 Å². The standard InChI is InChI=1S/C18H17NO3/c1-12-4-2-5-13-6-3-9-19(17(12)13)18(20)14-7-8-15-16(10-14)22-11-21-15/h2,4-5,7-8,10H,3,6,9,11H2,1H3. The lowest BCUT2D eigenvalue weighted by atomic mass is 9.97. The number of carbonyl (C=O) groups excluding carboxylic acids is 1. The molecule has 0 bridgehead atoms. The molecule has 2 aliphatic heterocycles. The first-order valence-corrected chi connectivity index (χ1v) is 7.54. The van der Waals surface area contributed by atoms with E-state index in [1.54, 1.807) is 12.1 Å². The normalized spacial score (nSPS) is 15.6. The number of aryl methyl sites for hydroxylation is 2. The van der Waals surface area contributed by atoms with Crippen LogP contribution in [0.25, 0.3) is 0 Å². The van der Waals surface area contributed by atoms with E-state index in [9.17, 15) is 4.79 Å². The summed E-state index contributed by atoms with van der Waals surface area (Å²) in [6, 6.07) is 11.6. The molecule has 22 heavy (non-hydrogen) atoms. The summed E-state index contributed by atoms with van der Waals surface area (Å²) in [4.78, 5) is 14.8. The van der Waals surface area contributed by atoms with Crippen molar-refractivity contribution >= 4 is 11.6 Å². The molecular weight excluding hydrogens is 278 g/mol. The zero-order chi connectivity index (χ0) is 15.1. The minimum absolute atomic E-state index is 0.0218. The molecule has 4 nitrogen and oxygen atoms in total. The van der Waals surface area contributed by atoms with E-state index < -0.39 is 0 Å². The summed E-state index contributed by atoms with van der Waals surface area (Å²) < 4.78 is 10.7. The van der Waals surface area contributed by atoms with Gasteiger partial charge in [-0.1, -0.05) is 18.2 Å². The second-order valence-electron chi connectivity index (χ2n) is 5.71. The smallest absolute Gasteiger partial charge is 0.258 e. The molecule has 1 amide bonds. The molecule has 4 rings (SSSR count). The summed E-state index contributed by atoms with van der Waals surface area (Å²) in [6.07, 6.45) is 2.02. The fourth-order valence-corrected chi connectivity index (χ4v) is 3.24. The van der Waals surface area contributed by atoms with E-state index in [1.165, 1.54) is 5.56 Å². The van der Waals surface area contributed by atoms with E-state index >= 15 is 0 Å². The maximum atomic E-state index is 12.9. The van der Waals surface area contributed by atoms with Gasteiger partial charge < -0.3 is 14.4 Å². The second kappa shape index (κ2) is 5.05. The number of ether oxygens (including phenoxy) is 2. The highest BCUT2D eigenvalue weighted by Crippen LogP contribution is 2.35. The molecule has 112 valence electrons. The van der Waals surface area contributed by atoms with Crippen LogP contribution in [0.5, 0.6) is 11.5 Å². The molecule has 2 aromatic rings. The number of hydrogen-bond acceptors (Lipinski definition) is 3. The average Bonchev–Trinajstić information content (AvgIpc) is 3.01. The maximum Gasteiger partial charge on any atom is 0.258 e. The van der Waals surface area contributed by atoms with Crippen LogP contribution in [-0.4, -0.2) is 19.2 Å². The van der Waals surface area contributed by atoms with Crippen molar-refractivity contribution in [3.63, 3.8) is 0 Å². The van der Waals surface area contributed by atoms with Crippen LogP contribution in [0.4, 0.5) is 5.69 Å². The van der Waals surface area contributed by atoms with Gasteiger partial charge in [0.2, 0.25) is 6.79 Å². The number of carbonyl (C=O) groups is 1. The van der Waals surface area contributed by atoms with Crippen LogP contribution in [0.1, 0.15) is 27.9 Å². The molecule has 0 aromatic heterocycles. The largest absolute Gasteiger partial charge is 0.454 e. The number of anilines is 1. The zero-order valence-corrected chi connectivity index (χ0v) is 12.5. The van der Waals surface area contributed by atoms with Gasteiger partial charge >= 0.3 is 0 Å². The summed E-state index contributed by atoms with van der Waals surface area (Å²) in [5.74, 6) is 1.37. The van der Waals surface area contributed by atoms with Gasteiger partial charge in [-0.25, -0.2) is 0 Å². The summed E-state index contributed by atoms with van der Waals surface area (Å²) >= 11 is 0. The van der Waals surface area contributed by atoms with E-state index in [0.717, 1.165) is 30.6 Å². The van der Waals surface area contributed by atoms with Crippen LogP contribution in [0.2, 0.25) is 0 Å². The number of amides is 1. The van der Waals surface area contributed by atoms with E-state index in [4.69, 9.17) is 9.47 Å². The molecule has 2 aromatic carbocycles. The molecule has 0 atom stereocenters. The Morgan fingerprint density at radius 3 is 2.91 bits per heavy atom. The number of rotatable bonds is 1. The number of benzene rings is 2. The monoisotopic (exact) mass is 295 g/mol. The topological polar surface area (TPSA) is 38.8 Å². The lowest BCUT2D eigenvalue weighted by Crippen LogP contribution is -2.36. The Labute approximate surface area is 129 Å². The zero-order valence-electron chi connectivity index (χ0n) is 12.5. The van der Waals surface area contributed by atoms with Gasteiger partial charge in [-0.3, -0.25) is 4.79 Å². The van der Waals surface area contributed by atoms with E-state index in [2.05, 4.69) is 25.1 Å². The van der Waals surface area contributed by atoms with Crippen molar-refractivity contribution in [2.75, 3.05) is 18.2 Å². The summed E-state index contributed by atoms with van der Waals surface area (Å²) in [5.41, 5.74) is 4.10. The van der Waals surface area contributed by atoms with Gasteiger partial charge in [0, 0.05) is 12.1 Å². The lowest BCUT2D eigenvalue weighted by Gasteiger charge is -2.31. The van der Waals surface area contributed by atoms with Gasteiger partial charge in [0.15, 0.2) is 11.5 Å². The Morgan fingerprint density at radius 1 is 1.14 bits per heavy atom. The Kier molecular flexibility index (Phi) is 3.03. The molecule has 0 radical (unpaired) electrons. The first-order chi connectivity index (χ1) is 10.7. The number of nitrogens with zero attached hydrogens (tertiary/aromatic N) is 1. The molecule has 0 N–H and O–H groups in total. The molecule has 0 spiro atoms. The molecule has 0 saturated heterocycles. The van der Waals surface area contributed by atoms with Gasteiger partial charge in [0.1, 0.15) is 0 Å².